The summed E-state index contributed by atoms with van der Waals surface area (Å²) in [7, 11) is 0. The first-order chi connectivity index (χ1) is 9.02. The first kappa shape index (κ1) is 16.7. The summed E-state index contributed by atoms with van der Waals surface area (Å²) in [5, 5.41) is 3.34. The molecule has 1 fully saturated rings. The van der Waals surface area contributed by atoms with Crippen LogP contribution in [0.15, 0.2) is 0 Å². The van der Waals surface area contributed by atoms with E-state index >= 15 is 0 Å². The van der Waals surface area contributed by atoms with Gasteiger partial charge >= 0.3 is 0 Å². The van der Waals surface area contributed by atoms with Gasteiger partial charge in [0.2, 0.25) is 0 Å². The topological polar surface area (TPSA) is 50.5 Å². The zero-order chi connectivity index (χ0) is 14.3. The number of hydrogen-bond acceptors (Lipinski definition) is 3. The third-order valence-corrected chi connectivity index (χ3v) is 4.05. The summed E-state index contributed by atoms with van der Waals surface area (Å²) in [6.45, 7) is 10.7. The van der Waals surface area contributed by atoms with Crippen LogP contribution in [0.4, 0.5) is 0 Å². The van der Waals surface area contributed by atoms with Gasteiger partial charge in [-0.1, -0.05) is 6.92 Å². The van der Waals surface area contributed by atoms with Crippen molar-refractivity contribution in [3.8, 4) is 0 Å². The summed E-state index contributed by atoms with van der Waals surface area (Å²) in [6.07, 6.45) is 3.69. The Morgan fingerprint density at radius 2 is 2.05 bits per heavy atom. The number of nitrogens with one attached hydrogen (secondary N) is 1. The third-order valence-electron chi connectivity index (χ3n) is 3.91. The van der Waals surface area contributed by atoms with Gasteiger partial charge in [0.1, 0.15) is 0 Å². The van der Waals surface area contributed by atoms with Gasteiger partial charge in [-0.25, -0.2) is 0 Å². The standard InChI is InChI=1S/C14H29N3OS/c1-4-13(9-16-14(15)19)18-10-12-5-7-17(8-6-12)11(2)3/h11-13H,4-10H2,1-3H3,(H3,15,16,19). The van der Waals surface area contributed by atoms with Gasteiger partial charge in [0, 0.05) is 19.2 Å². The predicted molar refractivity (Wildman–Crippen MR) is 84.3 cm³/mol. The van der Waals surface area contributed by atoms with Crippen LogP contribution in [0.5, 0.6) is 0 Å². The Morgan fingerprint density at radius 3 is 2.53 bits per heavy atom. The maximum atomic E-state index is 5.98. The summed E-state index contributed by atoms with van der Waals surface area (Å²) in [5.74, 6) is 0.703. The highest BCUT2D eigenvalue weighted by Crippen LogP contribution is 2.19. The molecule has 0 aliphatic carbocycles. The van der Waals surface area contributed by atoms with Crippen LogP contribution in [0.1, 0.15) is 40.0 Å². The number of thiocarbonyl (C=S) groups is 1. The average Bonchev–Trinajstić information content (AvgIpc) is 2.39. The van der Waals surface area contributed by atoms with Crippen LogP contribution in [0.3, 0.4) is 0 Å². The summed E-state index contributed by atoms with van der Waals surface area (Å²) in [6, 6.07) is 0.667. The van der Waals surface area contributed by atoms with E-state index in [1.165, 1.54) is 25.9 Å². The van der Waals surface area contributed by atoms with E-state index in [1.54, 1.807) is 0 Å². The fraction of sp³-hybridized carbons (Fsp3) is 0.929. The minimum Gasteiger partial charge on any atom is -0.376 e. The van der Waals surface area contributed by atoms with E-state index in [0.29, 0.717) is 17.1 Å². The molecule has 4 nitrogen and oxygen atoms in total. The number of hydrogen-bond donors (Lipinski definition) is 2. The van der Waals surface area contributed by atoms with Crippen molar-refractivity contribution in [2.24, 2.45) is 11.7 Å². The van der Waals surface area contributed by atoms with E-state index in [1.807, 2.05) is 0 Å². The van der Waals surface area contributed by atoms with Crippen LogP contribution in [0, 0.1) is 5.92 Å². The molecule has 3 N–H and O–H groups in total. The predicted octanol–water partition coefficient (Wildman–Crippen LogP) is 1.74. The second kappa shape index (κ2) is 8.72. The molecule has 1 rings (SSSR count). The van der Waals surface area contributed by atoms with Crippen molar-refractivity contribution >= 4 is 17.3 Å². The van der Waals surface area contributed by atoms with Gasteiger partial charge < -0.3 is 20.7 Å². The fourth-order valence-corrected chi connectivity index (χ4v) is 2.53. The zero-order valence-electron chi connectivity index (χ0n) is 12.5. The van der Waals surface area contributed by atoms with E-state index in [-0.39, 0.29) is 6.10 Å². The first-order valence-electron chi connectivity index (χ1n) is 7.41. The van der Waals surface area contributed by atoms with Crippen molar-refractivity contribution in [3.63, 3.8) is 0 Å². The SMILES string of the molecule is CCC(CNC(N)=S)OCC1CCN(C(C)C)CC1. The van der Waals surface area contributed by atoms with Crippen LogP contribution >= 0.6 is 12.2 Å². The lowest BCUT2D eigenvalue weighted by Gasteiger charge is -2.35. The Hall–Kier alpha value is -0.390. The molecule has 0 radical (unpaired) electrons. The van der Waals surface area contributed by atoms with Crippen molar-refractivity contribution < 1.29 is 4.74 Å². The molecule has 0 aromatic carbocycles. The molecule has 1 atom stereocenters. The van der Waals surface area contributed by atoms with Crippen molar-refractivity contribution in [2.45, 2.75) is 52.2 Å². The largest absolute Gasteiger partial charge is 0.376 e. The second-order valence-corrected chi connectivity index (χ2v) is 6.12. The lowest BCUT2D eigenvalue weighted by atomic mass is 9.97. The normalized spacial score (nSPS) is 19.6. The molecule has 5 heteroatoms. The number of ether oxygens (including phenoxy) is 1. The number of nitrogens with zero attached hydrogens (tertiary/aromatic N) is 1. The van der Waals surface area contributed by atoms with Crippen molar-refractivity contribution in [2.75, 3.05) is 26.2 Å². The highest BCUT2D eigenvalue weighted by molar-refractivity contribution is 7.80. The Labute approximate surface area is 123 Å². The maximum Gasteiger partial charge on any atom is 0.163 e. The number of nitrogens with two attached hydrogens (primary N) is 1. The molecule has 1 unspecified atom stereocenters. The van der Waals surface area contributed by atoms with Crippen LogP contribution in [0.2, 0.25) is 0 Å². The molecule has 0 saturated carbocycles. The lowest BCUT2D eigenvalue weighted by Crippen LogP contribution is -2.40. The van der Waals surface area contributed by atoms with Crippen molar-refractivity contribution in [1.29, 1.82) is 0 Å². The van der Waals surface area contributed by atoms with Crippen LogP contribution in [-0.2, 0) is 4.74 Å². The van der Waals surface area contributed by atoms with Gasteiger partial charge in [0.05, 0.1) is 6.10 Å². The quantitative estimate of drug-likeness (QED) is 0.699. The molecule has 0 amide bonds. The number of likely N-dealkylation sites (tertiary alicyclic amines) is 1. The van der Waals surface area contributed by atoms with Gasteiger partial charge in [-0.15, -0.1) is 0 Å². The summed E-state index contributed by atoms with van der Waals surface area (Å²) in [5.41, 5.74) is 5.44. The van der Waals surface area contributed by atoms with Gasteiger partial charge in [-0.2, -0.15) is 0 Å². The van der Waals surface area contributed by atoms with Gasteiger partial charge in [0.25, 0.3) is 0 Å². The summed E-state index contributed by atoms with van der Waals surface area (Å²) < 4.78 is 5.98. The molecule has 1 saturated heterocycles. The molecular weight excluding hydrogens is 258 g/mol. The minimum atomic E-state index is 0.213. The Kier molecular flexibility index (Phi) is 7.64. The number of piperidine rings is 1. The van der Waals surface area contributed by atoms with Crippen LogP contribution < -0.4 is 11.1 Å². The van der Waals surface area contributed by atoms with E-state index in [2.05, 4.69) is 31.0 Å². The molecule has 0 aromatic heterocycles. The van der Waals surface area contributed by atoms with E-state index in [4.69, 9.17) is 22.7 Å². The highest BCUT2D eigenvalue weighted by atomic mass is 32.1. The lowest BCUT2D eigenvalue weighted by molar-refractivity contribution is 0.0103. The molecule has 0 aromatic rings. The van der Waals surface area contributed by atoms with Crippen molar-refractivity contribution in [3.05, 3.63) is 0 Å². The molecule has 0 bridgehead atoms. The monoisotopic (exact) mass is 287 g/mol. The highest BCUT2D eigenvalue weighted by Gasteiger charge is 2.21. The molecule has 19 heavy (non-hydrogen) atoms. The smallest absolute Gasteiger partial charge is 0.163 e. The summed E-state index contributed by atoms with van der Waals surface area (Å²) in [4.78, 5) is 2.54. The van der Waals surface area contributed by atoms with Crippen molar-refractivity contribution in [1.82, 2.24) is 10.2 Å². The van der Waals surface area contributed by atoms with E-state index < -0.39 is 0 Å². The first-order valence-corrected chi connectivity index (χ1v) is 7.82. The Morgan fingerprint density at radius 1 is 1.42 bits per heavy atom. The van der Waals surface area contributed by atoms with Crippen LogP contribution in [-0.4, -0.2) is 48.4 Å². The third kappa shape index (κ3) is 6.54. The van der Waals surface area contributed by atoms with Crippen LogP contribution in [0.25, 0.3) is 0 Å². The average molecular weight is 287 g/mol. The van der Waals surface area contributed by atoms with E-state index in [9.17, 15) is 0 Å². The Bertz CT molecular complexity index is 265. The zero-order valence-corrected chi connectivity index (χ0v) is 13.3. The molecule has 112 valence electrons. The molecule has 1 aliphatic rings. The summed E-state index contributed by atoms with van der Waals surface area (Å²) >= 11 is 4.81. The Balaban J connectivity index is 2.19. The molecule has 1 heterocycles. The molecule has 0 spiro atoms. The second-order valence-electron chi connectivity index (χ2n) is 5.68. The molecular formula is C14H29N3OS. The fourth-order valence-electron chi connectivity index (χ4n) is 2.44. The molecule has 1 aliphatic heterocycles. The van der Waals surface area contributed by atoms with E-state index in [0.717, 1.165) is 19.6 Å². The van der Waals surface area contributed by atoms with Gasteiger partial charge in [-0.05, 0) is 64.3 Å². The number of rotatable bonds is 7. The van der Waals surface area contributed by atoms with Gasteiger partial charge in [-0.3, -0.25) is 0 Å². The maximum absolute atomic E-state index is 5.98. The minimum absolute atomic E-state index is 0.213. The van der Waals surface area contributed by atoms with Gasteiger partial charge in [0.15, 0.2) is 5.11 Å².